The third-order valence-corrected chi connectivity index (χ3v) is 6.90. The van der Waals surface area contributed by atoms with Crippen LogP contribution in [0, 0.1) is 10.1 Å². The van der Waals surface area contributed by atoms with Gasteiger partial charge in [-0.15, -0.1) is 11.3 Å². The molecule has 6 aromatic rings. The van der Waals surface area contributed by atoms with Gasteiger partial charge in [0.25, 0.3) is 5.69 Å². The summed E-state index contributed by atoms with van der Waals surface area (Å²) in [6, 6.07) is 30.0. The second-order valence-electron chi connectivity index (χ2n) is 7.48. The number of hydrogen-bond donors (Lipinski definition) is 0. The van der Waals surface area contributed by atoms with E-state index in [1.54, 1.807) is 11.3 Å². The maximum atomic E-state index is 12.2. The Kier molecular flexibility index (Phi) is 3.91. The monoisotopic (exact) mass is 420 g/mol. The Morgan fingerprint density at radius 2 is 1.52 bits per heavy atom. The van der Waals surface area contributed by atoms with Crippen LogP contribution in [0.1, 0.15) is 0 Å². The highest BCUT2D eigenvalue weighted by Crippen LogP contribution is 2.41. The van der Waals surface area contributed by atoms with Crippen molar-refractivity contribution >= 4 is 48.1 Å². The third kappa shape index (κ3) is 2.75. The first-order valence-corrected chi connectivity index (χ1v) is 10.8. The van der Waals surface area contributed by atoms with E-state index >= 15 is 0 Å². The first kappa shape index (κ1) is 17.9. The van der Waals surface area contributed by atoms with E-state index < -0.39 is 0 Å². The van der Waals surface area contributed by atoms with Crippen LogP contribution in [0.25, 0.3) is 47.9 Å². The van der Waals surface area contributed by atoms with Gasteiger partial charge in [0, 0.05) is 32.1 Å². The predicted molar refractivity (Wildman–Crippen MR) is 128 cm³/mol. The molecule has 0 saturated carbocycles. The molecule has 0 aliphatic carbocycles. The maximum absolute atomic E-state index is 12.2. The summed E-state index contributed by atoms with van der Waals surface area (Å²) < 4.78 is 4.39. The van der Waals surface area contributed by atoms with Crippen molar-refractivity contribution in [3.8, 4) is 16.8 Å². The maximum Gasteiger partial charge on any atom is 0.286 e. The highest BCUT2D eigenvalue weighted by atomic mass is 32.1. The van der Waals surface area contributed by atoms with E-state index in [0.717, 1.165) is 22.2 Å². The smallest absolute Gasteiger partial charge is 0.286 e. The van der Waals surface area contributed by atoms with Gasteiger partial charge >= 0.3 is 0 Å². The highest BCUT2D eigenvalue weighted by Gasteiger charge is 2.22. The van der Waals surface area contributed by atoms with Gasteiger partial charge in [0.1, 0.15) is 0 Å². The lowest BCUT2D eigenvalue weighted by Gasteiger charge is -2.08. The van der Waals surface area contributed by atoms with Crippen molar-refractivity contribution in [1.82, 2.24) is 4.57 Å². The molecule has 0 aliphatic rings. The molecule has 0 N–H and O–H groups in total. The van der Waals surface area contributed by atoms with E-state index in [-0.39, 0.29) is 10.6 Å². The Morgan fingerprint density at radius 3 is 2.35 bits per heavy atom. The molecular weight excluding hydrogens is 404 g/mol. The number of nitrogens with zero attached hydrogens (tertiary/aromatic N) is 2. The molecule has 4 aromatic carbocycles. The van der Waals surface area contributed by atoms with E-state index in [0.29, 0.717) is 10.9 Å². The minimum atomic E-state index is -0.261. The lowest BCUT2D eigenvalue weighted by atomic mass is 9.99. The van der Waals surface area contributed by atoms with Gasteiger partial charge in [-0.25, -0.2) is 0 Å². The number of rotatable bonds is 3. The normalized spacial score (nSPS) is 11.5. The number of fused-ring (bicyclic) bond motifs is 4. The molecule has 0 bridgehead atoms. The molecule has 0 fully saturated rings. The van der Waals surface area contributed by atoms with E-state index in [4.69, 9.17) is 0 Å². The topological polar surface area (TPSA) is 48.1 Å². The van der Waals surface area contributed by atoms with Gasteiger partial charge in [0.2, 0.25) is 0 Å². The fraction of sp³-hybridized carbons (Fsp3) is 0. The zero-order chi connectivity index (χ0) is 20.9. The molecule has 0 aliphatic heterocycles. The van der Waals surface area contributed by atoms with Gasteiger partial charge < -0.3 is 4.57 Å². The van der Waals surface area contributed by atoms with Crippen molar-refractivity contribution in [3.05, 3.63) is 107 Å². The number of nitro benzene ring substituents is 1. The number of hydrogen-bond acceptors (Lipinski definition) is 3. The average molecular weight is 420 g/mol. The lowest BCUT2D eigenvalue weighted by molar-refractivity contribution is -0.382. The van der Waals surface area contributed by atoms with Crippen molar-refractivity contribution < 1.29 is 4.92 Å². The molecular formula is C26H16N2O2S. The van der Waals surface area contributed by atoms with Crippen LogP contribution in [-0.2, 0) is 0 Å². The van der Waals surface area contributed by atoms with Crippen molar-refractivity contribution in [2.45, 2.75) is 0 Å². The molecule has 0 atom stereocenters. The quantitative estimate of drug-likeness (QED) is 0.219. The van der Waals surface area contributed by atoms with Gasteiger partial charge in [-0.3, -0.25) is 10.1 Å². The SMILES string of the molecule is O=[N+]([O-])c1c(-c2ccc3sc4ccccc4c3c2)ccc2c1ccn2-c1ccccc1. The molecule has 0 radical (unpaired) electrons. The average Bonchev–Trinajstić information content (AvgIpc) is 3.40. The van der Waals surface area contributed by atoms with Crippen LogP contribution in [0.2, 0.25) is 0 Å². The molecule has 31 heavy (non-hydrogen) atoms. The predicted octanol–water partition coefficient (Wildman–Crippen LogP) is 7.57. The van der Waals surface area contributed by atoms with Crippen molar-refractivity contribution in [1.29, 1.82) is 0 Å². The fourth-order valence-corrected chi connectivity index (χ4v) is 5.42. The van der Waals surface area contributed by atoms with Gasteiger partial charge in [-0.2, -0.15) is 0 Å². The Morgan fingerprint density at radius 1 is 0.742 bits per heavy atom. The van der Waals surface area contributed by atoms with E-state index in [1.807, 2.05) is 77.5 Å². The Bertz CT molecular complexity index is 1610. The van der Waals surface area contributed by atoms with Crippen LogP contribution >= 0.6 is 11.3 Å². The molecule has 2 heterocycles. The van der Waals surface area contributed by atoms with Gasteiger partial charge in [-0.05, 0) is 54.1 Å². The minimum absolute atomic E-state index is 0.145. The summed E-state index contributed by atoms with van der Waals surface area (Å²) in [6.45, 7) is 0. The van der Waals surface area contributed by atoms with Crippen LogP contribution in [0.5, 0.6) is 0 Å². The lowest BCUT2D eigenvalue weighted by Crippen LogP contribution is -1.95. The first-order valence-electron chi connectivity index (χ1n) is 9.96. The number of benzene rings is 4. The number of para-hydroxylation sites is 1. The van der Waals surface area contributed by atoms with Crippen LogP contribution in [0.4, 0.5) is 5.69 Å². The molecule has 4 nitrogen and oxygen atoms in total. The van der Waals surface area contributed by atoms with Crippen molar-refractivity contribution in [2.75, 3.05) is 0 Å². The van der Waals surface area contributed by atoms with Gasteiger partial charge in [0.05, 0.1) is 21.4 Å². The molecule has 2 aromatic heterocycles. The summed E-state index contributed by atoms with van der Waals surface area (Å²) in [5, 5.41) is 15.1. The summed E-state index contributed by atoms with van der Waals surface area (Å²) in [5.41, 5.74) is 3.44. The van der Waals surface area contributed by atoms with Crippen LogP contribution in [0.15, 0.2) is 97.2 Å². The number of aromatic nitrogens is 1. The summed E-state index contributed by atoms with van der Waals surface area (Å²) >= 11 is 1.74. The van der Waals surface area contributed by atoms with Crippen molar-refractivity contribution in [3.63, 3.8) is 0 Å². The minimum Gasteiger partial charge on any atom is -0.316 e. The molecule has 0 spiro atoms. The van der Waals surface area contributed by atoms with Gasteiger partial charge in [0.15, 0.2) is 0 Å². The van der Waals surface area contributed by atoms with Crippen LogP contribution in [0.3, 0.4) is 0 Å². The van der Waals surface area contributed by atoms with E-state index in [1.165, 1.54) is 14.8 Å². The third-order valence-electron chi connectivity index (χ3n) is 5.75. The Labute approximate surface area is 181 Å². The number of nitro groups is 1. The molecule has 0 unspecified atom stereocenters. The Balaban J connectivity index is 1.60. The summed E-state index contributed by atoms with van der Waals surface area (Å²) in [5.74, 6) is 0. The molecule has 0 amide bonds. The standard InChI is InChI=1S/C26H16N2O2S/c29-28(30)26-19(11-12-23-21(26)14-15-27(23)18-6-2-1-3-7-18)17-10-13-25-22(16-17)20-8-4-5-9-24(20)31-25/h1-16H. The summed E-state index contributed by atoms with van der Waals surface area (Å²) in [6.07, 6.45) is 1.90. The van der Waals surface area contributed by atoms with Crippen LogP contribution in [-0.4, -0.2) is 9.49 Å². The zero-order valence-electron chi connectivity index (χ0n) is 16.4. The summed E-state index contributed by atoms with van der Waals surface area (Å²) in [4.78, 5) is 11.9. The second kappa shape index (κ2) is 6.79. The molecule has 6 rings (SSSR count). The van der Waals surface area contributed by atoms with Gasteiger partial charge in [-0.1, -0.05) is 42.5 Å². The second-order valence-corrected chi connectivity index (χ2v) is 8.57. The summed E-state index contributed by atoms with van der Waals surface area (Å²) in [7, 11) is 0. The molecule has 0 saturated heterocycles. The number of thiophene rings is 1. The first-order chi connectivity index (χ1) is 15.2. The fourth-order valence-electron chi connectivity index (χ4n) is 4.34. The highest BCUT2D eigenvalue weighted by molar-refractivity contribution is 7.25. The molecule has 148 valence electrons. The largest absolute Gasteiger partial charge is 0.316 e. The molecule has 5 heteroatoms. The zero-order valence-corrected chi connectivity index (χ0v) is 17.2. The van der Waals surface area contributed by atoms with E-state index in [2.05, 4.69) is 24.3 Å². The Hall–Kier alpha value is -3.96. The van der Waals surface area contributed by atoms with Crippen LogP contribution < -0.4 is 0 Å². The van der Waals surface area contributed by atoms with E-state index in [9.17, 15) is 10.1 Å². The van der Waals surface area contributed by atoms with Crippen molar-refractivity contribution in [2.24, 2.45) is 0 Å².